The average molecular weight is 236 g/mol. The first kappa shape index (κ1) is 11.6. The Bertz CT molecular complexity index is 341. The molecule has 6 unspecified atom stereocenters. The summed E-state index contributed by atoms with van der Waals surface area (Å²) in [5, 5.41) is 9.62. The summed E-state index contributed by atoms with van der Waals surface area (Å²) >= 11 is 0. The van der Waals surface area contributed by atoms with Gasteiger partial charge in [-0.1, -0.05) is 20.8 Å². The van der Waals surface area contributed by atoms with E-state index in [9.17, 15) is 9.90 Å². The molecule has 0 amide bonds. The van der Waals surface area contributed by atoms with Gasteiger partial charge in [0.1, 0.15) is 0 Å². The van der Waals surface area contributed by atoms with E-state index in [-0.39, 0.29) is 11.3 Å². The second-order valence-corrected chi connectivity index (χ2v) is 7.57. The zero-order valence-electron chi connectivity index (χ0n) is 11.1. The first-order valence-corrected chi connectivity index (χ1v) is 7.14. The van der Waals surface area contributed by atoms with Crippen molar-refractivity contribution in [2.75, 3.05) is 0 Å². The Morgan fingerprint density at radius 2 is 1.41 bits per heavy atom. The molecule has 0 aromatic rings. The molecule has 2 heteroatoms. The lowest BCUT2D eigenvalue weighted by atomic mass is 9.41. The summed E-state index contributed by atoms with van der Waals surface area (Å²) < 4.78 is 0. The monoisotopic (exact) mass is 236 g/mol. The number of carbonyl (C=O) groups is 1. The fraction of sp³-hybridized carbons (Fsp3) is 0.933. The average Bonchev–Trinajstić information content (AvgIpc) is 2.14. The molecule has 17 heavy (non-hydrogen) atoms. The van der Waals surface area contributed by atoms with Crippen LogP contribution in [0.3, 0.4) is 0 Å². The Hall–Kier alpha value is -0.530. The van der Waals surface area contributed by atoms with E-state index >= 15 is 0 Å². The third kappa shape index (κ3) is 1.49. The molecule has 0 aromatic carbocycles. The predicted octanol–water partition coefficient (Wildman–Crippen LogP) is 3.42. The van der Waals surface area contributed by atoms with Crippen molar-refractivity contribution in [3.05, 3.63) is 0 Å². The molecule has 4 fully saturated rings. The Balaban J connectivity index is 1.98. The fourth-order valence-electron chi connectivity index (χ4n) is 5.37. The van der Waals surface area contributed by atoms with Gasteiger partial charge < -0.3 is 5.11 Å². The van der Waals surface area contributed by atoms with Crippen molar-refractivity contribution in [3.8, 4) is 0 Å². The molecular weight excluding hydrogens is 212 g/mol. The standard InChI is InChI=1S/C15H24O2/c1-15(2,3)13-11-7-6-10(12(13)14(16)17)8-4-5-9(8)11/h8-13H,4-7H2,1-3H3,(H,16,17). The molecule has 2 nitrogen and oxygen atoms in total. The Morgan fingerprint density at radius 1 is 0.941 bits per heavy atom. The van der Waals surface area contributed by atoms with Crippen LogP contribution in [0.4, 0.5) is 0 Å². The molecule has 0 spiro atoms. The smallest absolute Gasteiger partial charge is 0.307 e. The summed E-state index contributed by atoms with van der Waals surface area (Å²) in [6, 6.07) is 0. The summed E-state index contributed by atoms with van der Waals surface area (Å²) in [6.07, 6.45) is 5.13. The van der Waals surface area contributed by atoms with Gasteiger partial charge in [0.15, 0.2) is 0 Å². The molecule has 96 valence electrons. The van der Waals surface area contributed by atoms with Crippen LogP contribution in [0.25, 0.3) is 0 Å². The summed E-state index contributed by atoms with van der Waals surface area (Å²) in [5.41, 5.74) is 0.146. The van der Waals surface area contributed by atoms with Gasteiger partial charge in [-0.05, 0) is 60.7 Å². The molecule has 0 heterocycles. The van der Waals surface area contributed by atoms with Gasteiger partial charge in [0.2, 0.25) is 0 Å². The van der Waals surface area contributed by atoms with Crippen LogP contribution in [-0.2, 0) is 4.79 Å². The molecule has 1 N–H and O–H groups in total. The minimum Gasteiger partial charge on any atom is -0.481 e. The van der Waals surface area contributed by atoms with Crippen molar-refractivity contribution < 1.29 is 9.90 Å². The Kier molecular flexibility index (Phi) is 2.37. The summed E-state index contributed by atoms with van der Waals surface area (Å²) in [5.74, 6) is 2.63. The molecule has 4 aliphatic rings. The number of fused-ring (bicyclic) bond motifs is 2. The topological polar surface area (TPSA) is 37.3 Å². The maximum atomic E-state index is 11.7. The molecule has 0 aliphatic heterocycles. The minimum atomic E-state index is -0.523. The first-order valence-electron chi connectivity index (χ1n) is 7.14. The fourth-order valence-corrected chi connectivity index (χ4v) is 5.37. The summed E-state index contributed by atoms with van der Waals surface area (Å²) in [7, 11) is 0. The highest BCUT2D eigenvalue weighted by molar-refractivity contribution is 5.71. The van der Waals surface area contributed by atoms with Crippen LogP contribution in [-0.4, -0.2) is 11.1 Å². The Morgan fingerprint density at radius 3 is 1.88 bits per heavy atom. The van der Waals surface area contributed by atoms with E-state index in [1.54, 1.807) is 0 Å². The SMILES string of the molecule is CC(C)(C)C1C2CCC(C3CCC32)C1C(=O)O. The number of carboxylic acid groups (broad SMARTS) is 1. The van der Waals surface area contributed by atoms with E-state index < -0.39 is 5.97 Å². The van der Waals surface area contributed by atoms with Gasteiger partial charge in [-0.15, -0.1) is 0 Å². The molecule has 6 atom stereocenters. The van der Waals surface area contributed by atoms with Crippen molar-refractivity contribution in [2.45, 2.75) is 46.5 Å². The molecule has 4 rings (SSSR count). The largest absolute Gasteiger partial charge is 0.481 e. The number of hydrogen-bond donors (Lipinski definition) is 1. The zero-order chi connectivity index (χ0) is 12.4. The quantitative estimate of drug-likeness (QED) is 0.757. The first-order chi connectivity index (χ1) is 7.91. The lowest BCUT2D eigenvalue weighted by Crippen LogP contribution is -2.59. The molecule has 0 radical (unpaired) electrons. The molecule has 0 saturated heterocycles. The van der Waals surface area contributed by atoms with E-state index in [0.717, 1.165) is 11.8 Å². The molecule has 4 saturated carbocycles. The van der Waals surface area contributed by atoms with Gasteiger partial charge in [-0.2, -0.15) is 0 Å². The second-order valence-electron chi connectivity index (χ2n) is 7.57. The van der Waals surface area contributed by atoms with Crippen LogP contribution in [0.1, 0.15) is 46.5 Å². The maximum Gasteiger partial charge on any atom is 0.307 e. The number of carboxylic acids is 1. The number of rotatable bonds is 1. The summed E-state index contributed by atoms with van der Waals surface area (Å²) in [6.45, 7) is 6.71. The highest BCUT2D eigenvalue weighted by Gasteiger charge is 2.61. The van der Waals surface area contributed by atoms with E-state index in [1.165, 1.54) is 25.7 Å². The van der Waals surface area contributed by atoms with Gasteiger partial charge in [0.05, 0.1) is 5.92 Å². The van der Waals surface area contributed by atoms with E-state index in [2.05, 4.69) is 20.8 Å². The highest BCUT2D eigenvalue weighted by atomic mass is 16.4. The van der Waals surface area contributed by atoms with Gasteiger partial charge >= 0.3 is 5.97 Å². The number of hydrogen-bond acceptors (Lipinski definition) is 1. The van der Waals surface area contributed by atoms with Crippen LogP contribution in [0.5, 0.6) is 0 Å². The van der Waals surface area contributed by atoms with Crippen LogP contribution < -0.4 is 0 Å². The van der Waals surface area contributed by atoms with Crippen molar-refractivity contribution in [1.82, 2.24) is 0 Å². The normalized spacial score (nSPS) is 48.4. The second kappa shape index (κ2) is 3.49. The van der Waals surface area contributed by atoms with E-state index in [0.29, 0.717) is 17.8 Å². The Labute approximate surface area is 104 Å². The van der Waals surface area contributed by atoms with E-state index in [1.807, 2.05) is 0 Å². The lowest BCUT2D eigenvalue weighted by Gasteiger charge is -2.63. The van der Waals surface area contributed by atoms with Crippen LogP contribution >= 0.6 is 0 Å². The number of aliphatic carboxylic acids is 1. The van der Waals surface area contributed by atoms with Crippen LogP contribution in [0, 0.1) is 40.9 Å². The molecule has 0 aromatic heterocycles. The summed E-state index contributed by atoms with van der Waals surface area (Å²) in [4.78, 5) is 11.7. The van der Waals surface area contributed by atoms with Gasteiger partial charge in [0.25, 0.3) is 0 Å². The lowest BCUT2D eigenvalue weighted by molar-refractivity contribution is -0.184. The van der Waals surface area contributed by atoms with Crippen molar-refractivity contribution in [2.24, 2.45) is 40.9 Å². The van der Waals surface area contributed by atoms with E-state index in [4.69, 9.17) is 0 Å². The third-order valence-corrected chi connectivity index (χ3v) is 5.91. The highest BCUT2D eigenvalue weighted by Crippen LogP contribution is 2.65. The van der Waals surface area contributed by atoms with Gasteiger partial charge in [-0.25, -0.2) is 0 Å². The van der Waals surface area contributed by atoms with Gasteiger partial charge in [0, 0.05) is 0 Å². The van der Waals surface area contributed by atoms with Crippen molar-refractivity contribution in [1.29, 1.82) is 0 Å². The van der Waals surface area contributed by atoms with Gasteiger partial charge in [-0.3, -0.25) is 4.79 Å². The molecular formula is C15H24O2. The van der Waals surface area contributed by atoms with Crippen LogP contribution in [0.2, 0.25) is 0 Å². The predicted molar refractivity (Wildman–Crippen MR) is 66.5 cm³/mol. The third-order valence-electron chi connectivity index (χ3n) is 5.91. The maximum absolute atomic E-state index is 11.7. The van der Waals surface area contributed by atoms with Crippen LogP contribution in [0.15, 0.2) is 0 Å². The zero-order valence-corrected chi connectivity index (χ0v) is 11.1. The molecule has 2 bridgehead atoms. The molecule has 4 aliphatic carbocycles. The minimum absolute atomic E-state index is 0.0599. The van der Waals surface area contributed by atoms with Crippen molar-refractivity contribution in [3.63, 3.8) is 0 Å². The van der Waals surface area contributed by atoms with Crippen molar-refractivity contribution >= 4 is 5.97 Å².